The van der Waals surface area contributed by atoms with Gasteiger partial charge in [0.25, 0.3) is 0 Å². The van der Waals surface area contributed by atoms with Gasteiger partial charge in [0.15, 0.2) is 0 Å². The van der Waals surface area contributed by atoms with E-state index in [1.807, 2.05) is 0 Å². The van der Waals surface area contributed by atoms with Crippen molar-refractivity contribution in [2.24, 2.45) is 11.8 Å². The maximum atomic E-state index is 13.6. The summed E-state index contributed by atoms with van der Waals surface area (Å²) in [4.78, 5) is 41.5. The van der Waals surface area contributed by atoms with Gasteiger partial charge in [0.05, 0.1) is 16.6 Å². The Balaban J connectivity index is 1.86. The maximum Gasteiger partial charge on any atom is 0.244 e. The van der Waals surface area contributed by atoms with Gasteiger partial charge >= 0.3 is 0 Å². The summed E-state index contributed by atoms with van der Waals surface area (Å²) in [6, 6.07) is -0.508. The van der Waals surface area contributed by atoms with E-state index in [1.54, 1.807) is 23.7 Å². The zero-order valence-electron chi connectivity index (χ0n) is 18.5. The average Bonchev–Trinajstić information content (AvgIpc) is 3.28. The number of nitrogens with one attached hydrogen (secondary N) is 2. The summed E-state index contributed by atoms with van der Waals surface area (Å²) in [6.45, 7) is 5.50. The van der Waals surface area contributed by atoms with Crippen molar-refractivity contribution in [3.05, 3.63) is 0 Å². The zero-order chi connectivity index (χ0) is 21.9. The molecular formula is C22H37N3O4S. The highest BCUT2D eigenvalue weighted by molar-refractivity contribution is 8.02. The summed E-state index contributed by atoms with van der Waals surface area (Å²) in [5.41, 5.74) is 0. The van der Waals surface area contributed by atoms with E-state index in [0.29, 0.717) is 13.1 Å². The first-order valence-electron chi connectivity index (χ1n) is 11.5. The Hall–Kier alpha value is -1.28. The molecule has 3 amide bonds. The van der Waals surface area contributed by atoms with Gasteiger partial charge in [-0.3, -0.25) is 14.4 Å². The Morgan fingerprint density at radius 3 is 2.57 bits per heavy atom. The normalized spacial score (nSPS) is 34.3. The van der Waals surface area contributed by atoms with E-state index in [4.69, 9.17) is 5.11 Å². The molecule has 0 radical (unpaired) electrons. The molecule has 1 spiro atoms. The van der Waals surface area contributed by atoms with Crippen LogP contribution in [0.1, 0.15) is 65.2 Å². The monoisotopic (exact) mass is 439 g/mol. The van der Waals surface area contributed by atoms with Crippen LogP contribution < -0.4 is 10.6 Å². The van der Waals surface area contributed by atoms with Crippen molar-refractivity contribution in [2.75, 3.05) is 26.7 Å². The molecule has 3 aliphatic heterocycles. The van der Waals surface area contributed by atoms with Crippen LogP contribution in [0.5, 0.6) is 0 Å². The van der Waals surface area contributed by atoms with Crippen LogP contribution in [0.15, 0.2) is 0 Å². The zero-order valence-corrected chi connectivity index (χ0v) is 19.4. The van der Waals surface area contributed by atoms with E-state index >= 15 is 0 Å². The van der Waals surface area contributed by atoms with Crippen LogP contribution in [0.4, 0.5) is 0 Å². The molecule has 170 valence electrons. The molecule has 3 saturated heterocycles. The van der Waals surface area contributed by atoms with E-state index < -0.39 is 16.7 Å². The van der Waals surface area contributed by atoms with Crippen LogP contribution in [0, 0.1) is 11.8 Å². The largest absolute Gasteiger partial charge is 0.396 e. The Morgan fingerprint density at radius 2 is 1.90 bits per heavy atom. The lowest BCUT2D eigenvalue weighted by molar-refractivity contribution is -0.140. The quantitative estimate of drug-likeness (QED) is 0.426. The van der Waals surface area contributed by atoms with Gasteiger partial charge in [-0.2, -0.15) is 0 Å². The number of carbonyl (C=O) groups is 3. The number of amides is 3. The number of rotatable bonds is 11. The minimum atomic E-state index is -0.510. The van der Waals surface area contributed by atoms with Crippen molar-refractivity contribution < 1.29 is 19.5 Å². The Morgan fingerprint density at radius 1 is 1.17 bits per heavy atom. The lowest BCUT2D eigenvalue weighted by atomic mass is 9.66. The second-order valence-corrected chi connectivity index (χ2v) is 11.1. The molecule has 3 fully saturated rings. The second-order valence-electron chi connectivity index (χ2n) is 9.16. The molecule has 3 heterocycles. The summed E-state index contributed by atoms with van der Waals surface area (Å²) in [5, 5.41) is 14.8. The van der Waals surface area contributed by atoms with Gasteiger partial charge in [-0.15, -0.1) is 11.8 Å². The van der Waals surface area contributed by atoms with E-state index in [0.717, 1.165) is 51.4 Å². The number of aliphatic hydroxyl groups is 1. The summed E-state index contributed by atoms with van der Waals surface area (Å²) in [5.74, 6) is -0.999. The highest BCUT2D eigenvalue weighted by atomic mass is 32.2. The average molecular weight is 440 g/mol. The Kier molecular flexibility index (Phi) is 7.38. The molecule has 7 nitrogen and oxygen atoms in total. The minimum Gasteiger partial charge on any atom is -0.396 e. The lowest BCUT2D eigenvalue weighted by Gasteiger charge is -2.34. The van der Waals surface area contributed by atoms with Gasteiger partial charge in [-0.1, -0.05) is 26.2 Å². The molecule has 5 atom stereocenters. The molecular weight excluding hydrogens is 402 g/mol. The van der Waals surface area contributed by atoms with E-state index in [2.05, 4.69) is 24.5 Å². The molecule has 0 aromatic heterocycles. The molecule has 3 rings (SSSR count). The highest BCUT2D eigenvalue weighted by Crippen LogP contribution is 2.71. The lowest BCUT2D eigenvalue weighted by Crippen LogP contribution is -2.54. The van der Waals surface area contributed by atoms with Crippen LogP contribution in [0.2, 0.25) is 0 Å². The molecule has 0 aromatic rings. The van der Waals surface area contributed by atoms with Crippen LogP contribution in [-0.2, 0) is 14.4 Å². The standard InChI is InChI=1S/C22H37N3O4S/c1-4-5-12-24-19(28)17-22-11-10-21(2,30-22)15(18(27)23-3)16(22)20(29)25(17)13-8-6-7-9-14-26/h15-17,26H,4-14H2,1-3H3,(H,23,27)(H,24,28)/t15-,16-,17?,21+,22?/m0/s1. The number of aliphatic hydroxyl groups excluding tert-OH is 1. The molecule has 8 heteroatoms. The Labute approximate surface area is 184 Å². The molecule has 30 heavy (non-hydrogen) atoms. The number of nitrogens with zero attached hydrogens (tertiary/aromatic N) is 1. The molecule has 2 bridgehead atoms. The van der Waals surface area contributed by atoms with Gasteiger partial charge in [0.1, 0.15) is 6.04 Å². The summed E-state index contributed by atoms with van der Waals surface area (Å²) in [6.07, 6.45) is 6.94. The van der Waals surface area contributed by atoms with Crippen LogP contribution in [-0.4, -0.2) is 70.0 Å². The molecule has 0 saturated carbocycles. The number of carbonyl (C=O) groups excluding carboxylic acids is 3. The minimum absolute atomic E-state index is 0.0303. The van der Waals surface area contributed by atoms with Gasteiger partial charge in [-0.05, 0) is 39.0 Å². The third-order valence-electron chi connectivity index (χ3n) is 7.19. The van der Waals surface area contributed by atoms with Crippen LogP contribution in [0.3, 0.4) is 0 Å². The van der Waals surface area contributed by atoms with Crippen LogP contribution >= 0.6 is 11.8 Å². The molecule has 3 aliphatic rings. The van der Waals surface area contributed by atoms with E-state index in [9.17, 15) is 14.4 Å². The number of hydrogen-bond donors (Lipinski definition) is 3. The predicted octanol–water partition coefficient (Wildman–Crippen LogP) is 1.68. The highest BCUT2D eigenvalue weighted by Gasteiger charge is 2.76. The van der Waals surface area contributed by atoms with Crippen molar-refractivity contribution in [3.63, 3.8) is 0 Å². The molecule has 3 N–H and O–H groups in total. The Bertz CT molecular complexity index is 675. The third kappa shape index (κ3) is 3.85. The maximum absolute atomic E-state index is 13.6. The summed E-state index contributed by atoms with van der Waals surface area (Å²) in [7, 11) is 1.63. The van der Waals surface area contributed by atoms with Gasteiger partial charge < -0.3 is 20.6 Å². The summed E-state index contributed by atoms with van der Waals surface area (Å²) < 4.78 is -0.806. The first kappa shape index (κ1) is 23.4. The molecule has 0 aliphatic carbocycles. The second kappa shape index (κ2) is 9.47. The number of likely N-dealkylation sites (tertiary alicyclic amines) is 1. The topological polar surface area (TPSA) is 98.7 Å². The fourth-order valence-corrected chi connectivity index (χ4v) is 8.11. The fourth-order valence-electron chi connectivity index (χ4n) is 5.76. The van der Waals surface area contributed by atoms with Crippen molar-refractivity contribution in [1.29, 1.82) is 0 Å². The van der Waals surface area contributed by atoms with Crippen LogP contribution in [0.25, 0.3) is 0 Å². The van der Waals surface area contributed by atoms with Gasteiger partial charge in [0, 0.05) is 31.5 Å². The number of fused-ring (bicyclic) bond motifs is 1. The number of thioether (sulfide) groups is 1. The molecule has 2 unspecified atom stereocenters. The number of hydrogen-bond acceptors (Lipinski definition) is 5. The SMILES string of the molecule is CCCCNC(=O)C1N(CCCCCCO)C(=O)[C@@H]2[C@@H](C(=O)NC)[C@@]3(C)CCC12S3. The van der Waals surface area contributed by atoms with Crippen molar-refractivity contribution in [3.8, 4) is 0 Å². The molecule has 0 aromatic carbocycles. The van der Waals surface area contributed by atoms with E-state index in [-0.39, 0.29) is 35.0 Å². The fraction of sp³-hybridized carbons (Fsp3) is 0.864. The smallest absolute Gasteiger partial charge is 0.244 e. The predicted molar refractivity (Wildman–Crippen MR) is 118 cm³/mol. The van der Waals surface area contributed by atoms with E-state index in [1.165, 1.54) is 0 Å². The van der Waals surface area contributed by atoms with Crippen molar-refractivity contribution in [2.45, 2.75) is 80.7 Å². The van der Waals surface area contributed by atoms with Gasteiger partial charge in [-0.25, -0.2) is 0 Å². The van der Waals surface area contributed by atoms with Gasteiger partial charge in [0.2, 0.25) is 17.7 Å². The number of unbranched alkanes of at least 4 members (excludes halogenated alkanes) is 4. The first-order chi connectivity index (χ1) is 14.4. The third-order valence-corrected chi connectivity index (χ3v) is 9.18. The summed E-state index contributed by atoms with van der Waals surface area (Å²) >= 11 is 1.72. The van der Waals surface area contributed by atoms with Crippen molar-refractivity contribution in [1.82, 2.24) is 15.5 Å². The van der Waals surface area contributed by atoms with Crippen molar-refractivity contribution >= 4 is 29.5 Å². The first-order valence-corrected chi connectivity index (χ1v) is 12.3.